The second-order valence-corrected chi connectivity index (χ2v) is 8.29. The van der Waals surface area contributed by atoms with Gasteiger partial charge in [0.05, 0.1) is 28.5 Å². The zero-order valence-corrected chi connectivity index (χ0v) is 18.7. The van der Waals surface area contributed by atoms with E-state index in [-0.39, 0.29) is 6.17 Å². The monoisotopic (exact) mass is 455 g/mol. The molecule has 4 N–H and O–H groups in total. The lowest BCUT2D eigenvalue weighted by atomic mass is 10.1. The van der Waals surface area contributed by atoms with Crippen molar-refractivity contribution in [2.24, 2.45) is 0 Å². The highest BCUT2D eigenvalue weighted by atomic mass is 15.2. The normalized spacial score (nSPS) is 13.9. The molecule has 1 aliphatic rings. The van der Waals surface area contributed by atoms with E-state index in [1.54, 1.807) is 24.7 Å². The van der Waals surface area contributed by atoms with E-state index < -0.39 is 0 Å². The Hall–Kier alpha value is -5.09. The van der Waals surface area contributed by atoms with Gasteiger partial charge in [0.15, 0.2) is 0 Å². The van der Waals surface area contributed by atoms with E-state index in [1.165, 1.54) is 0 Å². The van der Waals surface area contributed by atoms with Crippen LogP contribution >= 0.6 is 0 Å². The molecular weight excluding hydrogens is 434 g/mol. The van der Waals surface area contributed by atoms with E-state index in [1.807, 2.05) is 36.4 Å². The fourth-order valence-electron chi connectivity index (χ4n) is 4.22. The number of fused-ring (bicyclic) bond motifs is 2. The lowest BCUT2D eigenvalue weighted by molar-refractivity contribution is 0.942. The Balaban J connectivity index is 1.19. The fourth-order valence-corrected chi connectivity index (χ4v) is 4.22. The number of nitrogens with zero attached hydrogens (tertiary/aromatic N) is 3. The Labute approximate surface area is 202 Å². The Morgan fingerprint density at radius 2 is 1.49 bits per heavy atom. The number of nitriles is 1. The van der Waals surface area contributed by atoms with E-state index in [0.717, 1.165) is 50.6 Å². The predicted octanol–water partition coefficient (Wildman–Crippen LogP) is 6.52. The van der Waals surface area contributed by atoms with Gasteiger partial charge in [0, 0.05) is 46.7 Å². The molecule has 35 heavy (non-hydrogen) atoms. The Morgan fingerprint density at radius 3 is 2.31 bits per heavy atom. The Kier molecular flexibility index (Phi) is 5.09. The minimum atomic E-state index is -0.0184. The van der Waals surface area contributed by atoms with Crippen LogP contribution in [0.3, 0.4) is 0 Å². The van der Waals surface area contributed by atoms with Gasteiger partial charge in [0.1, 0.15) is 6.17 Å². The van der Waals surface area contributed by atoms with Gasteiger partial charge in [0.2, 0.25) is 0 Å². The van der Waals surface area contributed by atoms with E-state index in [9.17, 15) is 5.26 Å². The van der Waals surface area contributed by atoms with Gasteiger partial charge in [-0.3, -0.25) is 9.97 Å². The van der Waals surface area contributed by atoms with Crippen LogP contribution in [0, 0.1) is 11.3 Å². The van der Waals surface area contributed by atoms with Crippen LogP contribution in [0.15, 0.2) is 97.5 Å². The average Bonchev–Trinajstić information content (AvgIpc) is 3.33. The molecule has 0 spiro atoms. The van der Waals surface area contributed by atoms with Crippen molar-refractivity contribution in [2.75, 3.05) is 21.3 Å². The highest BCUT2D eigenvalue weighted by molar-refractivity contribution is 5.94. The van der Waals surface area contributed by atoms with E-state index in [0.29, 0.717) is 5.56 Å². The summed E-state index contributed by atoms with van der Waals surface area (Å²) in [5.41, 5.74) is 8.54. The molecule has 0 saturated heterocycles. The van der Waals surface area contributed by atoms with Gasteiger partial charge in [-0.2, -0.15) is 5.26 Å². The molecule has 168 valence electrons. The molecular formula is C28H21N7. The van der Waals surface area contributed by atoms with Crippen molar-refractivity contribution in [1.82, 2.24) is 9.97 Å². The number of anilines is 6. The van der Waals surface area contributed by atoms with Gasteiger partial charge < -0.3 is 21.3 Å². The zero-order valence-electron chi connectivity index (χ0n) is 18.7. The van der Waals surface area contributed by atoms with Gasteiger partial charge in [-0.05, 0) is 72.3 Å². The lowest BCUT2D eigenvalue weighted by Crippen LogP contribution is -2.11. The second kappa shape index (κ2) is 8.69. The molecule has 5 aromatic rings. The molecule has 3 heterocycles. The third-order valence-electron chi connectivity index (χ3n) is 5.98. The first-order chi connectivity index (χ1) is 17.2. The van der Waals surface area contributed by atoms with Crippen LogP contribution in [-0.2, 0) is 0 Å². The van der Waals surface area contributed by atoms with Crippen LogP contribution in [0.1, 0.15) is 17.3 Å². The minimum Gasteiger partial charge on any atom is -0.360 e. The predicted molar refractivity (Wildman–Crippen MR) is 140 cm³/mol. The maximum absolute atomic E-state index is 9.27. The number of aromatic nitrogens is 2. The van der Waals surface area contributed by atoms with E-state index in [4.69, 9.17) is 0 Å². The largest absolute Gasteiger partial charge is 0.360 e. The van der Waals surface area contributed by atoms with E-state index in [2.05, 4.69) is 73.7 Å². The summed E-state index contributed by atoms with van der Waals surface area (Å²) in [6.45, 7) is 0. The number of benzene rings is 3. The van der Waals surface area contributed by atoms with Crippen LogP contribution in [0.5, 0.6) is 0 Å². The number of hydrogen-bond donors (Lipinski definition) is 4. The minimum absolute atomic E-state index is 0.0184. The van der Waals surface area contributed by atoms with Crippen LogP contribution in [0.25, 0.3) is 10.9 Å². The van der Waals surface area contributed by atoms with Crippen molar-refractivity contribution in [2.45, 2.75) is 6.17 Å². The maximum atomic E-state index is 9.27. The maximum Gasteiger partial charge on any atom is 0.123 e. The molecule has 1 aliphatic heterocycles. The molecule has 7 nitrogen and oxygen atoms in total. The summed E-state index contributed by atoms with van der Waals surface area (Å²) >= 11 is 0. The quantitative estimate of drug-likeness (QED) is 0.239. The third-order valence-corrected chi connectivity index (χ3v) is 5.98. The lowest BCUT2D eigenvalue weighted by Gasteiger charge is -2.14. The summed E-state index contributed by atoms with van der Waals surface area (Å²) in [7, 11) is 0. The molecule has 1 unspecified atom stereocenters. The molecule has 0 amide bonds. The summed E-state index contributed by atoms with van der Waals surface area (Å²) in [4.78, 5) is 8.46. The van der Waals surface area contributed by atoms with Crippen molar-refractivity contribution in [3.05, 3.63) is 109 Å². The molecule has 0 fully saturated rings. The van der Waals surface area contributed by atoms with E-state index >= 15 is 0 Å². The third kappa shape index (κ3) is 4.16. The van der Waals surface area contributed by atoms with Crippen LogP contribution in [-0.4, -0.2) is 9.97 Å². The van der Waals surface area contributed by atoms with Crippen molar-refractivity contribution >= 4 is 45.0 Å². The molecule has 6 rings (SSSR count). The van der Waals surface area contributed by atoms with Gasteiger partial charge in [0.25, 0.3) is 0 Å². The number of pyridine rings is 2. The van der Waals surface area contributed by atoms with Crippen molar-refractivity contribution < 1.29 is 0 Å². The number of hydrogen-bond acceptors (Lipinski definition) is 7. The summed E-state index contributed by atoms with van der Waals surface area (Å²) in [5, 5.41) is 24.2. The van der Waals surface area contributed by atoms with Gasteiger partial charge in [-0.15, -0.1) is 0 Å². The molecule has 7 heteroatoms. The van der Waals surface area contributed by atoms with Crippen molar-refractivity contribution in [3.63, 3.8) is 0 Å². The SMILES string of the molecule is N#Cc1ccc2nccc(Nc3ccc4c(c3)NC(c3ccc(Nc5ccncc5)cc3)N4)c2c1. The first-order valence-electron chi connectivity index (χ1n) is 11.3. The molecule has 0 radical (unpaired) electrons. The van der Waals surface area contributed by atoms with Crippen molar-refractivity contribution in [1.29, 1.82) is 5.26 Å². The molecule has 0 aliphatic carbocycles. The zero-order chi connectivity index (χ0) is 23.6. The Morgan fingerprint density at radius 1 is 0.714 bits per heavy atom. The second-order valence-electron chi connectivity index (χ2n) is 8.29. The van der Waals surface area contributed by atoms with Crippen LogP contribution in [0.2, 0.25) is 0 Å². The first-order valence-corrected chi connectivity index (χ1v) is 11.3. The smallest absolute Gasteiger partial charge is 0.123 e. The summed E-state index contributed by atoms with van der Waals surface area (Å²) in [5.74, 6) is 0. The molecule has 1 atom stereocenters. The van der Waals surface area contributed by atoms with Crippen LogP contribution in [0.4, 0.5) is 34.1 Å². The fraction of sp³-hybridized carbons (Fsp3) is 0.0357. The molecule has 0 saturated carbocycles. The van der Waals surface area contributed by atoms with Crippen molar-refractivity contribution in [3.8, 4) is 6.07 Å². The average molecular weight is 456 g/mol. The number of nitrogens with one attached hydrogen (secondary N) is 4. The molecule has 0 bridgehead atoms. The van der Waals surface area contributed by atoms with Gasteiger partial charge in [-0.25, -0.2) is 0 Å². The Bertz CT molecular complexity index is 1560. The summed E-state index contributed by atoms with van der Waals surface area (Å²) < 4.78 is 0. The van der Waals surface area contributed by atoms with Crippen LogP contribution < -0.4 is 21.3 Å². The highest BCUT2D eigenvalue weighted by Gasteiger charge is 2.21. The summed E-state index contributed by atoms with van der Waals surface area (Å²) in [6.07, 6.45) is 5.29. The van der Waals surface area contributed by atoms with Gasteiger partial charge in [-0.1, -0.05) is 12.1 Å². The molecule has 2 aromatic heterocycles. The summed E-state index contributed by atoms with van der Waals surface area (Å²) in [6, 6.07) is 28.1. The molecule has 3 aromatic carbocycles. The standard InChI is InChI=1S/C28H21N7/c29-17-18-1-7-24-23(15-18)25(11-14-31-24)33-22-6-8-26-27(16-22)35-28(34-26)19-2-4-20(5-3-19)32-21-9-12-30-13-10-21/h1-16,28,34-35H,(H,30,32)(H,31,33). The van der Waals surface area contributed by atoms with Gasteiger partial charge >= 0.3 is 0 Å². The topological polar surface area (TPSA) is 97.7 Å². The number of rotatable bonds is 5. The highest BCUT2D eigenvalue weighted by Crippen LogP contribution is 2.38. The first kappa shape index (κ1) is 20.5.